The van der Waals surface area contributed by atoms with Crippen molar-refractivity contribution < 1.29 is 9.90 Å². The number of para-hydroxylation sites is 2. The number of nitrogens with one attached hydrogen (secondary N) is 1. The predicted octanol–water partition coefficient (Wildman–Crippen LogP) is 4.44. The molecule has 0 radical (unpaired) electrons. The van der Waals surface area contributed by atoms with E-state index in [0.717, 1.165) is 30.2 Å². The van der Waals surface area contributed by atoms with Crippen LogP contribution in [0, 0.1) is 0 Å². The largest absolute Gasteiger partial charge is 0.395 e. The maximum absolute atomic E-state index is 12.4. The average molecular weight is 430 g/mol. The molecule has 3 aromatic rings. The van der Waals surface area contributed by atoms with E-state index < -0.39 is 0 Å². The topological polar surface area (TPSA) is 55.8 Å². The highest BCUT2D eigenvalue weighted by molar-refractivity contribution is 5.78. The first-order chi connectivity index (χ1) is 15.7. The van der Waals surface area contributed by atoms with Crippen molar-refractivity contribution >= 4 is 23.0 Å². The van der Waals surface area contributed by atoms with Gasteiger partial charge in [0, 0.05) is 48.5 Å². The summed E-state index contributed by atoms with van der Waals surface area (Å²) in [5.41, 5.74) is 4.62. The number of hydrogen-bond acceptors (Lipinski definition) is 4. The highest BCUT2D eigenvalue weighted by Gasteiger charge is 2.31. The standard InChI is InChI=1S/C27H31N3O2/c1-28-23(20-31)14-17-27(32)29-18-22(19-29)21-12-15-26(16-13-21)30(24-8-4-2-5-9-24)25-10-6-3-7-11-25/h2-13,15-16,22-23,28,31H,14,17-20H2,1H3/t23-/m1/s1. The normalized spacial score (nSPS) is 14.6. The minimum atomic E-state index is -0.0132. The molecular formula is C27H31N3O2. The van der Waals surface area contributed by atoms with E-state index in [0.29, 0.717) is 18.8 Å². The SMILES string of the molecule is CN[C@@H](CO)CCC(=O)N1CC(c2ccc(N(c3ccccc3)c3ccccc3)cc2)C1. The third kappa shape index (κ3) is 5.01. The van der Waals surface area contributed by atoms with E-state index in [4.69, 9.17) is 0 Å². The van der Waals surface area contributed by atoms with Crippen molar-refractivity contribution in [1.29, 1.82) is 0 Å². The van der Waals surface area contributed by atoms with Gasteiger partial charge in [0.05, 0.1) is 6.61 Å². The molecule has 1 heterocycles. The molecule has 1 fully saturated rings. The van der Waals surface area contributed by atoms with Gasteiger partial charge in [-0.3, -0.25) is 4.79 Å². The summed E-state index contributed by atoms with van der Waals surface area (Å²) in [6.45, 7) is 1.59. The second-order valence-corrected chi connectivity index (χ2v) is 8.30. The third-order valence-electron chi connectivity index (χ3n) is 6.22. The Morgan fingerprint density at radius 2 is 1.47 bits per heavy atom. The van der Waals surface area contributed by atoms with Gasteiger partial charge >= 0.3 is 0 Å². The molecule has 4 rings (SSSR count). The third-order valence-corrected chi connectivity index (χ3v) is 6.22. The molecule has 0 bridgehead atoms. The van der Waals surface area contributed by atoms with E-state index in [1.54, 1.807) is 0 Å². The average Bonchev–Trinajstić information content (AvgIpc) is 2.81. The highest BCUT2D eigenvalue weighted by atomic mass is 16.3. The Bertz CT molecular complexity index is 943. The summed E-state index contributed by atoms with van der Waals surface area (Å²) < 4.78 is 0. The van der Waals surface area contributed by atoms with Gasteiger partial charge in [-0.1, -0.05) is 48.5 Å². The van der Waals surface area contributed by atoms with E-state index in [-0.39, 0.29) is 18.6 Å². The fraction of sp³-hybridized carbons (Fsp3) is 0.296. The van der Waals surface area contributed by atoms with Gasteiger partial charge in [-0.05, 0) is 55.4 Å². The number of aliphatic hydroxyl groups excluding tert-OH is 1. The van der Waals surface area contributed by atoms with Crippen LogP contribution >= 0.6 is 0 Å². The number of likely N-dealkylation sites (tertiary alicyclic amines) is 1. The molecule has 1 aliphatic heterocycles. The second kappa shape index (κ2) is 10.4. The number of benzene rings is 3. The van der Waals surface area contributed by atoms with Gasteiger partial charge in [0.15, 0.2) is 0 Å². The van der Waals surface area contributed by atoms with Crippen LogP contribution in [0.1, 0.15) is 24.3 Å². The minimum Gasteiger partial charge on any atom is -0.395 e. The van der Waals surface area contributed by atoms with E-state index in [1.807, 2.05) is 24.1 Å². The summed E-state index contributed by atoms with van der Waals surface area (Å²) in [6.07, 6.45) is 1.14. The Morgan fingerprint density at radius 3 is 1.97 bits per heavy atom. The zero-order valence-corrected chi connectivity index (χ0v) is 18.5. The Balaban J connectivity index is 1.41. The number of carbonyl (C=O) groups is 1. The van der Waals surface area contributed by atoms with Crippen LogP contribution in [0.25, 0.3) is 0 Å². The quantitative estimate of drug-likeness (QED) is 0.528. The Kier molecular flexibility index (Phi) is 7.20. The van der Waals surface area contributed by atoms with E-state index in [2.05, 4.69) is 83.0 Å². The number of amides is 1. The van der Waals surface area contributed by atoms with E-state index in [1.165, 1.54) is 5.56 Å². The van der Waals surface area contributed by atoms with Crippen LogP contribution in [0.2, 0.25) is 0 Å². The first-order valence-electron chi connectivity index (χ1n) is 11.3. The summed E-state index contributed by atoms with van der Waals surface area (Å²) in [5, 5.41) is 12.3. The molecule has 1 aliphatic rings. The lowest BCUT2D eigenvalue weighted by molar-refractivity contribution is -0.135. The number of nitrogens with zero attached hydrogens (tertiary/aromatic N) is 2. The number of anilines is 3. The van der Waals surface area contributed by atoms with Crippen LogP contribution in [0.5, 0.6) is 0 Å². The fourth-order valence-electron chi connectivity index (χ4n) is 4.17. The van der Waals surface area contributed by atoms with Crippen LogP contribution in [-0.2, 0) is 4.79 Å². The molecule has 0 spiro atoms. The van der Waals surface area contributed by atoms with Crippen molar-refractivity contribution in [3.8, 4) is 0 Å². The highest BCUT2D eigenvalue weighted by Crippen LogP contribution is 2.36. The molecule has 1 atom stereocenters. The fourth-order valence-corrected chi connectivity index (χ4v) is 4.17. The molecule has 32 heavy (non-hydrogen) atoms. The second-order valence-electron chi connectivity index (χ2n) is 8.30. The van der Waals surface area contributed by atoms with Crippen LogP contribution in [0.3, 0.4) is 0 Å². The maximum atomic E-state index is 12.4. The van der Waals surface area contributed by atoms with E-state index in [9.17, 15) is 9.90 Å². The molecule has 1 amide bonds. The van der Waals surface area contributed by atoms with Crippen molar-refractivity contribution in [3.63, 3.8) is 0 Å². The summed E-state index contributed by atoms with van der Waals surface area (Å²) in [5.74, 6) is 0.554. The van der Waals surface area contributed by atoms with Crippen LogP contribution in [0.4, 0.5) is 17.1 Å². The Labute approximate surface area is 190 Å². The van der Waals surface area contributed by atoms with Crippen LogP contribution in [0.15, 0.2) is 84.9 Å². The van der Waals surface area contributed by atoms with Gasteiger partial charge < -0.3 is 20.2 Å². The summed E-state index contributed by atoms with van der Waals surface area (Å²) >= 11 is 0. The molecule has 3 aromatic carbocycles. The zero-order chi connectivity index (χ0) is 22.3. The van der Waals surface area contributed by atoms with Crippen LogP contribution in [-0.4, -0.2) is 48.7 Å². The lowest BCUT2D eigenvalue weighted by Gasteiger charge is -2.40. The number of rotatable bonds is 9. The molecule has 5 heteroatoms. The van der Waals surface area contributed by atoms with E-state index >= 15 is 0 Å². The molecule has 5 nitrogen and oxygen atoms in total. The van der Waals surface area contributed by atoms with Crippen LogP contribution < -0.4 is 10.2 Å². The summed E-state index contributed by atoms with van der Waals surface area (Å²) in [6, 6.07) is 29.4. The molecule has 0 aromatic heterocycles. The number of carbonyl (C=O) groups excluding carboxylic acids is 1. The first-order valence-corrected chi connectivity index (χ1v) is 11.3. The van der Waals surface area contributed by atoms with Crippen molar-refractivity contribution in [2.45, 2.75) is 24.8 Å². The number of hydrogen-bond donors (Lipinski definition) is 2. The van der Waals surface area contributed by atoms with Gasteiger partial charge in [-0.15, -0.1) is 0 Å². The molecular weight excluding hydrogens is 398 g/mol. The minimum absolute atomic E-state index is 0.0132. The smallest absolute Gasteiger partial charge is 0.222 e. The van der Waals surface area contributed by atoms with Crippen molar-refractivity contribution in [1.82, 2.24) is 10.2 Å². The number of aliphatic hydroxyl groups is 1. The molecule has 2 N–H and O–H groups in total. The van der Waals surface area contributed by atoms with Crippen molar-refractivity contribution in [3.05, 3.63) is 90.5 Å². The van der Waals surface area contributed by atoms with Gasteiger partial charge in [-0.2, -0.15) is 0 Å². The molecule has 0 unspecified atom stereocenters. The monoisotopic (exact) mass is 429 g/mol. The predicted molar refractivity (Wildman–Crippen MR) is 130 cm³/mol. The zero-order valence-electron chi connectivity index (χ0n) is 18.5. The summed E-state index contributed by atoms with van der Waals surface area (Å²) in [4.78, 5) is 16.6. The lowest BCUT2D eigenvalue weighted by Crippen LogP contribution is -2.48. The Hall–Kier alpha value is -3.15. The number of likely N-dealkylation sites (N-methyl/N-ethyl adjacent to an activating group) is 1. The van der Waals surface area contributed by atoms with Gasteiger partial charge in [-0.25, -0.2) is 0 Å². The maximum Gasteiger partial charge on any atom is 0.222 e. The first kappa shape index (κ1) is 22.1. The van der Waals surface area contributed by atoms with Gasteiger partial charge in [0.25, 0.3) is 0 Å². The van der Waals surface area contributed by atoms with Crippen molar-refractivity contribution in [2.24, 2.45) is 0 Å². The Morgan fingerprint density at radius 1 is 0.938 bits per heavy atom. The van der Waals surface area contributed by atoms with Crippen molar-refractivity contribution in [2.75, 3.05) is 31.6 Å². The lowest BCUT2D eigenvalue weighted by atomic mass is 9.90. The van der Waals surface area contributed by atoms with Gasteiger partial charge in [0.2, 0.25) is 5.91 Å². The molecule has 166 valence electrons. The molecule has 0 aliphatic carbocycles. The molecule has 0 saturated carbocycles. The molecule has 1 saturated heterocycles. The summed E-state index contributed by atoms with van der Waals surface area (Å²) in [7, 11) is 1.81. The van der Waals surface area contributed by atoms with Gasteiger partial charge in [0.1, 0.15) is 0 Å².